The van der Waals surface area contributed by atoms with Crippen LogP contribution in [0.3, 0.4) is 0 Å². The van der Waals surface area contributed by atoms with Crippen LogP contribution in [0, 0.1) is 0 Å². The number of carbonyl (C=O) groups is 1. The first-order chi connectivity index (χ1) is 9.92. The Hall–Kier alpha value is -2.15. The monoisotopic (exact) mass is 309 g/mol. The highest BCUT2D eigenvalue weighted by molar-refractivity contribution is 6.30. The number of hydrogen-bond donors (Lipinski definition) is 1. The topological polar surface area (TPSA) is 81.9 Å². The summed E-state index contributed by atoms with van der Waals surface area (Å²) in [6.45, 7) is 3.73. The number of tetrazole rings is 1. The molecular weight excluding hydrogens is 294 g/mol. The number of halogens is 1. The molecule has 0 saturated heterocycles. The lowest BCUT2D eigenvalue weighted by Crippen LogP contribution is -2.43. The molecule has 2 aromatic rings. The van der Waals surface area contributed by atoms with Crippen molar-refractivity contribution in [2.75, 3.05) is 7.11 Å². The highest BCUT2D eigenvalue weighted by atomic mass is 35.5. The van der Waals surface area contributed by atoms with E-state index in [9.17, 15) is 4.79 Å². The zero-order valence-corrected chi connectivity index (χ0v) is 12.8. The van der Waals surface area contributed by atoms with Gasteiger partial charge in [-0.3, -0.25) is 4.79 Å². The molecule has 7 nitrogen and oxygen atoms in total. The lowest BCUT2D eigenvalue weighted by atomic mass is 9.93. The Morgan fingerprint density at radius 1 is 1.48 bits per heavy atom. The van der Waals surface area contributed by atoms with E-state index in [0.717, 1.165) is 5.56 Å². The smallest absolute Gasteiger partial charge is 0.244 e. The molecule has 0 aliphatic heterocycles. The lowest BCUT2D eigenvalue weighted by Gasteiger charge is -2.28. The zero-order chi connectivity index (χ0) is 15.5. The minimum Gasteiger partial charge on any atom is -0.496 e. The van der Waals surface area contributed by atoms with E-state index < -0.39 is 5.54 Å². The van der Waals surface area contributed by atoms with E-state index in [1.54, 1.807) is 25.3 Å². The van der Waals surface area contributed by atoms with Crippen LogP contribution in [-0.2, 0) is 16.9 Å². The molecule has 0 aliphatic rings. The largest absolute Gasteiger partial charge is 0.496 e. The van der Waals surface area contributed by atoms with Gasteiger partial charge in [0, 0.05) is 10.6 Å². The molecule has 0 bridgehead atoms. The molecule has 2 rings (SSSR count). The van der Waals surface area contributed by atoms with Gasteiger partial charge < -0.3 is 10.1 Å². The molecule has 1 aromatic carbocycles. The van der Waals surface area contributed by atoms with Crippen LogP contribution in [0.2, 0.25) is 5.02 Å². The number of benzene rings is 1. The van der Waals surface area contributed by atoms with Crippen molar-refractivity contribution in [3.8, 4) is 5.75 Å². The molecule has 0 radical (unpaired) electrons. The Bertz CT molecular complexity index is 627. The molecule has 112 valence electrons. The van der Waals surface area contributed by atoms with Crippen molar-refractivity contribution in [2.24, 2.45) is 0 Å². The molecule has 0 unspecified atom stereocenters. The van der Waals surface area contributed by atoms with Gasteiger partial charge in [-0.1, -0.05) is 11.6 Å². The van der Waals surface area contributed by atoms with Gasteiger partial charge in [-0.15, -0.1) is 10.2 Å². The van der Waals surface area contributed by atoms with E-state index in [1.807, 2.05) is 13.8 Å². The van der Waals surface area contributed by atoms with Crippen molar-refractivity contribution < 1.29 is 9.53 Å². The second-order valence-corrected chi connectivity index (χ2v) is 5.42. The summed E-state index contributed by atoms with van der Waals surface area (Å²) in [5.41, 5.74) is 0.130. The quantitative estimate of drug-likeness (QED) is 0.902. The number of carbonyl (C=O) groups excluding carboxylic acids is 1. The Labute approximate surface area is 127 Å². The van der Waals surface area contributed by atoms with Gasteiger partial charge in [-0.05, 0) is 37.3 Å². The van der Waals surface area contributed by atoms with Crippen molar-refractivity contribution >= 4 is 17.5 Å². The first-order valence-electron chi connectivity index (χ1n) is 6.28. The third-order valence-corrected chi connectivity index (χ3v) is 3.20. The lowest BCUT2D eigenvalue weighted by molar-refractivity contribution is -0.123. The van der Waals surface area contributed by atoms with Crippen LogP contribution >= 0.6 is 11.6 Å². The van der Waals surface area contributed by atoms with Crippen LogP contribution in [-0.4, -0.2) is 33.2 Å². The second-order valence-electron chi connectivity index (χ2n) is 4.98. The van der Waals surface area contributed by atoms with Gasteiger partial charge in [0.2, 0.25) is 5.91 Å². The van der Waals surface area contributed by atoms with Crippen molar-refractivity contribution in [3.05, 3.63) is 35.1 Å². The molecule has 1 N–H and O–H groups in total. The predicted molar refractivity (Wildman–Crippen MR) is 77.0 cm³/mol. The molecule has 0 aliphatic carbocycles. The first kappa shape index (κ1) is 15.2. The third-order valence-electron chi connectivity index (χ3n) is 2.96. The molecule has 21 heavy (non-hydrogen) atoms. The molecular formula is C13H16ClN5O2. The summed E-state index contributed by atoms with van der Waals surface area (Å²) in [7, 11) is 1.57. The fourth-order valence-corrected chi connectivity index (χ4v) is 2.19. The normalized spacial score (nSPS) is 11.2. The Kier molecular flexibility index (Phi) is 4.42. The van der Waals surface area contributed by atoms with E-state index in [-0.39, 0.29) is 12.5 Å². The van der Waals surface area contributed by atoms with Crippen molar-refractivity contribution in [1.29, 1.82) is 0 Å². The second kappa shape index (κ2) is 6.09. The maximum absolute atomic E-state index is 12.1. The maximum atomic E-state index is 12.1. The summed E-state index contributed by atoms with van der Waals surface area (Å²) in [6.07, 6.45) is 1.28. The summed E-state index contributed by atoms with van der Waals surface area (Å²) in [5.74, 6) is 0.420. The minimum absolute atomic E-state index is 0.00763. The summed E-state index contributed by atoms with van der Waals surface area (Å²) >= 11 is 6.03. The van der Waals surface area contributed by atoms with Gasteiger partial charge in [-0.2, -0.15) is 4.80 Å². The minimum atomic E-state index is -0.659. The summed E-state index contributed by atoms with van der Waals surface area (Å²) < 4.78 is 5.32. The Morgan fingerprint density at radius 3 is 2.86 bits per heavy atom. The summed E-state index contributed by atoms with van der Waals surface area (Å²) in [4.78, 5) is 13.3. The summed E-state index contributed by atoms with van der Waals surface area (Å²) in [6, 6.07) is 5.28. The number of methoxy groups -OCH3 is 1. The van der Waals surface area contributed by atoms with E-state index in [2.05, 4.69) is 20.7 Å². The van der Waals surface area contributed by atoms with Crippen LogP contribution in [0.1, 0.15) is 19.4 Å². The average molecular weight is 310 g/mol. The Morgan fingerprint density at radius 2 is 2.24 bits per heavy atom. The maximum Gasteiger partial charge on any atom is 0.244 e. The average Bonchev–Trinajstić information content (AvgIpc) is 2.90. The fourth-order valence-electron chi connectivity index (χ4n) is 2.01. The van der Waals surface area contributed by atoms with Gasteiger partial charge >= 0.3 is 0 Å². The van der Waals surface area contributed by atoms with Crippen molar-refractivity contribution in [1.82, 2.24) is 25.5 Å². The van der Waals surface area contributed by atoms with Crippen LogP contribution < -0.4 is 10.1 Å². The van der Waals surface area contributed by atoms with Crippen LogP contribution in [0.5, 0.6) is 5.75 Å². The number of amides is 1. The number of nitrogens with zero attached hydrogens (tertiary/aromatic N) is 4. The van der Waals surface area contributed by atoms with E-state index >= 15 is 0 Å². The van der Waals surface area contributed by atoms with E-state index in [0.29, 0.717) is 10.8 Å². The zero-order valence-electron chi connectivity index (χ0n) is 12.0. The summed E-state index contributed by atoms with van der Waals surface area (Å²) in [5, 5.41) is 14.5. The first-order valence-corrected chi connectivity index (χ1v) is 6.66. The van der Waals surface area contributed by atoms with Crippen molar-refractivity contribution in [3.63, 3.8) is 0 Å². The molecule has 0 atom stereocenters. The van der Waals surface area contributed by atoms with Crippen LogP contribution in [0.15, 0.2) is 24.5 Å². The number of ether oxygens (including phenoxy) is 1. The SMILES string of the molecule is COc1ccc(Cl)cc1C(C)(C)NC(=O)Cn1ncnn1. The van der Waals surface area contributed by atoms with Gasteiger partial charge in [0.25, 0.3) is 0 Å². The van der Waals surface area contributed by atoms with Crippen molar-refractivity contribution in [2.45, 2.75) is 25.9 Å². The number of hydrogen-bond acceptors (Lipinski definition) is 5. The number of aromatic nitrogens is 4. The molecule has 0 spiro atoms. The van der Waals surface area contributed by atoms with Crippen LogP contribution in [0.25, 0.3) is 0 Å². The highest BCUT2D eigenvalue weighted by Crippen LogP contribution is 2.32. The standard InChI is InChI=1S/C13H16ClN5O2/c1-13(2,10-6-9(14)4-5-11(10)21-3)17-12(20)7-19-16-8-15-18-19/h4-6,8H,7H2,1-3H3,(H,17,20). The highest BCUT2D eigenvalue weighted by Gasteiger charge is 2.27. The molecule has 1 heterocycles. The van der Waals surface area contributed by atoms with E-state index in [4.69, 9.17) is 16.3 Å². The van der Waals surface area contributed by atoms with Gasteiger partial charge in [0.1, 0.15) is 12.3 Å². The molecule has 0 fully saturated rings. The van der Waals surface area contributed by atoms with Gasteiger partial charge in [0.15, 0.2) is 6.33 Å². The molecule has 0 saturated carbocycles. The Balaban J connectivity index is 2.17. The predicted octanol–water partition coefficient (Wildman–Crippen LogP) is 1.39. The van der Waals surface area contributed by atoms with E-state index in [1.165, 1.54) is 11.1 Å². The third kappa shape index (κ3) is 3.69. The fraction of sp³-hybridized carbons (Fsp3) is 0.385. The van der Waals surface area contributed by atoms with Crippen LogP contribution in [0.4, 0.5) is 0 Å². The molecule has 1 amide bonds. The number of nitrogens with one attached hydrogen (secondary N) is 1. The molecule has 8 heteroatoms. The number of rotatable bonds is 5. The van der Waals surface area contributed by atoms with Gasteiger partial charge in [-0.25, -0.2) is 0 Å². The van der Waals surface area contributed by atoms with Gasteiger partial charge in [0.05, 0.1) is 12.6 Å². The molecule has 1 aromatic heterocycles.